The van der Waals surface area contributed by atoms with Crippen molar-refractivity contribution in [3.63, 3.8) is 0 Å². The molecular formula is C20H18Cl2N6O3S. The van der Waals surface area contributed by atoms with E-state index in [0.29, 0.717) is 23.1 Å². The Bertz CT molecular complexity index is 1240. The van der Waals surface area contributed by atoms with E-state index in [9.17, 15) is 13.7 Å². The predicted molar refractivity (Wildman–Crippen MR) is 118 cm³/mol. The highest BCUT2D eigenvalue weighted by atomic mass is 35.5. The summed E-state index contributed by atoms with van der Waals surface area (Å²) in [4.78, 5) is 3.81. The van der Waals surface area contributed by atoms with Crippen LogP contribution < -0.4 is 10.1 Å². The number of ether oxygens (including phenoxy) is 1. The summed E-state index contributed by atoms with van der Waals surface area (Å²) in [6, 6.07) is 10.7. The molecule has 1 aliphatic rings. The van der Waals surface area contributed by atoms with Gasteiger partial charge in [0.15, 0.2) is 0 Å². The number of rotatable bonds is 6. The summed E-state index contributed by atoms with van der Waals surface area (Å²) in [5, 5.41) is 17.4. The van der Waals surface area contributed by atoms with Crippen molar-refractivity contribution in [3.05, 3.63) is 64.7 Å². The number of nitriles is 1. The standard InChI is InChI=1S/C20H18Cl2N6O3S/c21-15-6-16(22)8-18(7-15)31-19-2-1-14(9-23)5-20(19)32(29,30)28-4-3-25-17(11-28)10-27-13-24-12-26-27/h1-2,5-8,12-13,17,25H,3-4,10-11H2. The van der Waals surface area contributed by atoms with E-state index in [4.69, 9.17) is 27.9 Å². The van der Waals surface area contributed by atoms with Crippen LogP contribution in [0.5, 0.6) is 11.5 Å². The van der Waals surface area contributed by atoms with Gasteiger partial charge in [-0.05, 0) is 36.4 Å². The van der Waals surface area contributed by atoms with Crippen LogP contribution in [0.4, 0.5) is 0 Å². The van der Waals surface area contributed by atoms with Crippen LogP contribution in [0.15, 0.2) is 53.9 Å². The Kier molecular flexibility index (Phi) is 6.64. The van der Waals surface area contributed by atoms with Crippen molar-refractivity contribution in [2.24, 2.45) is 0 Å². The SMILES string of the molecule is N#Cc1ccc(Oc2cc(Cl)cc(Cl)c2)c(S(=O)(=O)N2CCNC(Cn3cncn3)C2)c1. The minimum Gasteiger partial charge on any atom is -0.456 e. The zero-order valence-corrected chi connectivity index (χ0v) is 19.0. The van der Waals surface area contributed by atoms with Gasteiger partial charge in [0.2, 0.25) is 10.0 Å². The Morgan fingerprint density at radius 1 is 1.22 bits per heavy atom. The summed E-state index contributed by atoms with van der Waals surface area (Å²) in [7, 11) is -3.97. The van der Waals surface area contributed by atoms with Gasteiger partial charge < -0.3 is 10.1 Å². The molecule has 166 valence electrons. The lowest BCUT2D eigenvalue weighted by atomic mass is 10.2. The zero-order chi connectivity index (χ0) is 22.7. The third-order valence-electron chi connectivity index (χ3n) is 4.85. The van der Waals surface area contributed by atoms with Gasteiger partial charge in [-0.1, -0.05) is 23.2 Å². The summed E-state index contributed by atoms with van der Waals surface area (Å²) < 4.78 is 36.0. The van der Waals surface area contributed by atoms with Gasteiger partial charge in [0.25, 0.3) is 0 Å². The van der Waals surface area contributed by atoms with Gasteiger partial charge in [-0.3, -0.25) is 4.68 Å². The molecule has 0 amide bonds. The molecule has 2 aromatic carbocycles. The highest BCUT2D eigenvalue weighted by molar-refractivity contribution is 7.89. The molecule has 0 saturated carbocycles. The number of benzene rings is 2. The normalized spacial score (nSPS) is 17.1. The van der Waals surface area contributed by atoms with E-state index in [1.54, 1.807) is 17.1 Å². The Hall–Kier alpha value is -2.68. The third kappa shape index (κ3) is 5.03. The molecule has 4 rings (SSSR count). The lowest BCUT2D eigenvalue weighted by Crippen LogP contribution is -2.54. The number of sulfonamides is 1. The van der Waals surface area contributed by atoms with Crippen LogP contribution in [-0.2, 0) is 16.6 Å². The fourth-order valence-corrected chi connectivity index (χ4v) is 5.54. The van der Waals surface area contributed by atoms with Crippen molar-refractivity contribution in [3.8, 4) is 17.6 Å². The smallest absolute Gasteiger partial charge is 0.246 e. The Labute approximate surface area is 195 Å². The molecule has 3 aromatic rings. The van der Waals surface area contributed by atoms with E-state index >= 15 is 0 Å². The largest absolute Gasteiger partial charge is 0.456 e. The number of hydrogen-bond acceptors (Lipinski definition) is 7. The molecule has 1 aromatic heterocycles. The first-order chi connectivity index (χ1) is 15.3. The van der Waals surface area contributed by atoms with Crippen LogP contribution in [0.25, 0.3) is 0 Å². The van der Waals surface area contributed by atoms with Crippen LogP contribution in [0, 0.1) is 11.3 Å². The maximum Gasteiger partial charge on any atom is 0.246 e. The van der Waals surface area contributed by atoms with Gasteiger partial charge >= 0.3 is 0 Å². The second kappa shape index (κ2) is 9.44. The van der Waals surface area contributed by atoms with E-state index in [2.05, 4.69) is 15.4 Å². The summed E-state index contributed by atoms with van der Waals surface area (Å²) in [5.41, 5.74) is 0.203. The van der Waals surface area contributed by atoms with E-state index in [1.807, 2.05) is 6.07 Å². The van der Waals surface area contributed by atoms with Gasteiger partial charge in [0.1, 0.15) is 29.0 Å². The van der Waals surface area contributed by atoms with E-state index in [1.165, 1.54) is 41.0 Å². The third-order valence-corrected chi connectivity index (χ3v) is 7.17. The first-order valence-electron chi connectivity index (χ1n) is 9.59. The highest BCUT2D eigenvalue weighted by Crippen LogP contribution is 2.34. The number of halogens is 2. The Balaban J connectivity index is 1.65. The zero-order valence-electron chi connectivity index (χ0n) is 16.6. The number of nitrogens with zero attached hydrogens (tertiary/aromatic N) is 5. The first-order valence-corrected chi connectivity index (χ1v) is 11.8. The molecular weight excluding hydrogens is 475 g/mol. The summed E-state index contributed by atoms with van der Waals surface area (Å²) >= 11 is 12.1. The molecule has 9 nitrogen and oxygen atoms in total. The second-order valence-electron chi connectivity index (χ2n) is 7.11. The van der Waals surface area contributed by atoms with Crippen LogP contribution >= 0.6 is 23.2 Å². The van der Waals surface area contributed by atoms with Crippen molar-refractivity contribution in [2.75, 3.05) is 19.6 Å². The molecule has 1 fully saturated rings. The fraction of sp³-hybridized carbons (Fsp3) is 0.250. The molecule has 12 heteroatoms. The molecule has 32 heavy (non-hydrogen) atoms. The molecule has 1 saturated heterocycles. The van der Waals surface area contributed by atoms with Gasteiger partial charge in [-0.25, -0.2) is 13.4 Å². The summed E-state index contributed by atoms with van der Waals surface area (Å²) in [5.74, 6) is 0.363. The molecule has 0 aliphatic carbocycles. The molecule has 1 atom stereocenters. The molecule has 1 unspecified atom stereocenters. The van der Waals surface area contributed by atoms with Crippen molar-refractivity contribution in [2.45, 2.75) is 17.5 Å². The Morgan fingerprint density at radius 2 is 2.00 bits per heavy atom. The van der Waals surface area contributed by atoms with Gasteiger partial charge in [0, 0.05) is 35.7 Å². The van der Waals surface area contributed by atoms with Crippen LogP contribution in [0.2, 0.25) is 10.0 Å². The first kappa shape index (κ1) is 22.5. The number of piperazine rings is 1. The van der Waals surface area contributed by atoms with Crippen molar-refractivity contribution >= 4 is 33.2 Å². The lowest BCUT2D eigenvalue weighted by molar-refractivity contribution is 0.273. The van der Waals surface area contributed by atoms with Gasteiger partial charge in [0.05, 0.1) is 18.2 Å². The maximum absolute atomic E-state index is 13.6. The molecule has 0 bridgehead atoms. The minimum atomic E-state index is -3.97. The van der Waals surface area contributed by atoms with Gasteiger partial charge in [-0.15, -0.1) is 0 Å². The van der Waals surface area contributed by atoms with E-state index in [0.717, 1.165) is 0 Å². The van der Waals surface area contributed by atoms with E-state index < -0.39 is 10.0 Å². The maximum atomic E-state index is 13.6. The number of aromatic nitrogens is 3. The fourth-order valence-electron chi connectivity index (χ4n) is 3.41. The topological polar surface area (TPSA) is 113 Å². The van der Waals surface area contributed by atoms with Crippen molar-refractivity contribution in [1.82, 2.24) is 24.4 Å². The molecule has 0 spiro atoms. The van der Waals surface area contributed by atoms with Gasteiger partial charge in [-0.2, -0.15) is 14.7 Å². The van der Waals surface area contributed by atoms with Crippen LogP contribution in [0.1, 0.15) is 5.56 Å². The lowest BCUT2D eigenvalue weighted by Gasteiger charge is -2.33. The molecule has 0 radical (unpaired) electrons. The van der Waals surface area contributed by atoms with Crippen molar-refractivity contribution in [1.29, 1.82) is 5.26 Å². The average molecular weight is 493 g/mol. The number of nitrogens with one attached hydrogen (secondary N) is 1. The summed E-state index contributed by atoms with van der Waals surface area (Å²) in [6.07, 6.45) is 3.00. The van der Waals surface area contributed by atoms with E-state index in [-0.39, 0.29) is 41.1 Å². The number of hydrogen-bond donors (Lipinski definition) is 1. The molecule has 2 heterocycles. The molecule has 1 N–H and O–H groups in total. The van der Waals surface area contributed by atoms with Crippen LogP contribution in [-0.4, -0.2) is 53.2 Å². The minimum absolute atomic E-state index is 0.0775. The van der Waals surface area contributed by atoms with Crippen LogP contribution in [0.3, 0.4) is 0 Å². The highest BCUT2D eigenvalue weighted by Gasteiger charge is 2.33. The summed E-state index contributed by atoms with van der Waals surface area (Å²) in [6.45, 7) is 1.43. The van der Waals surface area contributed by atoms with Crippen molar-refractivity contribution < 1.29 is 13.2 Å². The molecule has 1 aliphatic heterocycles. The Morgan fingerprint density at radius 3 is 2.69 bits per heavy atom. The monoisotopic (exact) mass is 492 g/mol. The second-order valence-corrected chi connectivity index (χ2v) is 9.89. The predicted octanol–water partition coefficient (Wildman–Crippen LogP) is 2.91. The average Bonchev–Trinajstić information content (AvgIpc) is 3.26. The quantitative estimate of drug-likeness (QED) is 0.562.